The highest BCUT2D eigenvalue weighted by molar-refractivity contribution is 6.01. The molecule has 9 heteroatoms. The van der Waals surface area contributed by atoms with Gasteiger partial charge in [0, 0.05) is 36.5 Å². The third-order valence-electron chi connectivity index (χ3n) is 5.37. The predicted molar refractivity (Wildman–Crippen MR) is 119 cm³/mol. The molecule has 0 aliphatic rings. The Balaban J connectivity index is 1.60. The van der Waals surface area contributed by atoms with Crippen molar-refractivity contribution in [3.8, 4) is 22.5 Å². The summed E-state index contributed by atoms with van der Waals surface area (Å²) in [4.78, 5) is 17.3. The van der Waals surface area contributed by atoms with Crippen LogP contribution in [0.2, 0.25) is 0 Å². The van der Waals surface area contributed by atoms with Gasteiger partial charge >= 0.3 is 0 Å². The molecule has 4 aromatic rings. The number of hydrogen-bond donors (Lipinski definition) is 3. The van der Waals surface area contributed by atoms with E-state index in [0.29, 0.717) is 29.9 Å². The van der Waals surface area contributed by atoms with Crippen LogP contribution in [0.1, 0.15) is 23.1 Å². The number of aromatic nitrogens is 4. The van der Waals surface area contributed by atoms with Crippen LogP contribution in [0.15, 0.2) is 60.9 Å². The largest absolute Gasteiger partial charge is 0.394 e. The highest BCUT2D eigenvalue weighted by Crippen LogP contribution is 2.29. The lowest BCUT2D eigenvalue weighted by atomic mass is 10.0. The van der Waals surface area contributed by atoms with E-state index in [0.717, 1.165) is 5.82 Å². The zero-order valence-corrected chi connectivity index (χ0v) is 17.9. The second-order valence-corrected chi connectivity index (χ2v) is 7.52. The van der Waals surface area contributed by atoms with Gasteiger partial charge < -0.3 is 15.0 Å². The Kier molecular flexibility index (Phi) is 6.60. The summed E-state index contributed by atoms with van der Waals surface area (Å²) in [5.41, 5.74) is 1.59. The molecule has 0 saturated carbocycles. The SMILES string of the molecule is CCn1ccnc1C[C@H](CO)NC(=O)c1cccc(F)c1-c1cc(-c2ccc(F)cc2)n[nH]1. The smallest absolute Gasteiger partial charge is 0.252 e. The van der Waals surface area contributed by atoms with Gasteiger partial charge in [-0.05, 0) is 49.4 Å². The number of nitrogens with one attached hydrogen (secondary N) is 2. The maximum Gasteiger partial charge on any atom is 0.252 e. The molecule has 0 aliphatic carbocycles. The molecule has 0 bridgehead atoms. The fraction of sp³-hybridized carbons (Fsp3) is 0.208. The Hall–Kier alpha value is -3.85. The number of carbonyl (C=O) groups excluding carboxylic acids is 1. The number of aliphatic hydroxyl groups excluding tert-OH is 1. The van der Waals surface area contributed by atoms with E-state index in [1.54, 1.807) is 24.4 Å². The van der Waals surface area contributed by atoms with Gasteiger partial charge in [0.15, 0.2) is 0 Å². The average molecular weight is 451 g/mol. The Bertz CT molecular complexity index is 1250. The maximum absolute atomic E-state index is 14.8. The molecule has 0 saturated heterocycles. The number of hydrogen-bond acceptors (Lipinski definition) is 4. The summed E-state index contributed by atoms with van der Waals surface area (Å²) in [5.74, 6) is -0.772. The fourth-order valence-electron chi connectivity index (χ4n) is 3.67. The van der Waals surface area contributed by atoms with E-state index in [4.69, 9.17) is 0 Å². The zero-order valence-electron chi connectivity index (χ0n) is 17.9. The summed E-state index contributed by atoms with van der Waals surface area (Å²) < 4.78 is 30.0. The second-order valence-electron chi connectivity index (χ2n) is 7.52. The van der Waals surface area contributed by atoms with Gasteiger partial charge in [-0.25, -0.2) is 13.8 Å². The summed E-state index contributed by atoms with van der Waals surface area (Å²) in [7, 11) is 0. The van der Waals surface area contributed by atoms with E-state index in [1.165, 1.54) is 30.3 Å². The number of rotatable bonds is 8. The molecule has 2 heterocycles. The van der Waals surface area contributed by atoms with Gasteiger partial charge in [-0.1, -0.05) is 6.07 Å². The Morgan fingerprint density at radius 3 is 2.73 bits per heavy atom. The number of amides is 1. The molecule has 2 aromatic heterocycles. The van der Waals surface area contributed by atoms with Crippen molar-refractivity contribution < 1.29 is 18.7 Å². The lowest BCUT2D eigenvalue weighted by Crippen LogP contribution is -2.40. The summed E-state index contributed by atoms with van der Waals surface area (Å²) in [6.07, 6.45) is 3.82. The van der Waals surface area contributed by atoms with Crippen LogP contribution in [0.25, 0.3) is 22.5 Å². The number of carbonyl (C=O) groups is 1. The lowest BCUT2D eigenvalue weighted by Gasteiger charge is -2.18. The van der Waals surface area contributed by atoms with Crippen LogP contribution < -0.4 is 5.32 Å². The molecule has 2 aromatic carbocycles. The molecule has 0 radical (unpaired) electrons. The minimum absolute atomic E-state index is 0.0580. The average Bonchev–Trinajstić information content (AvgIpc) is 3.48. The van der Waals surface area contributed by atoms with E-state index >= 15 is 0 Å². The topological polar surface area (TPSA) is 95.8 Å². The van der Waals surface area contributed by atoms with E-state index in [9.17, 15) is 18.7 Å². The van der Waals surface area contributed by atoms with Crippen LogP contribution in [0.5, 0.6) is 0 Å². The molecule has 0 aliphatic heterocycles. The maximum atomic E-state index is 14.8. The second kappa shape index (κ2) is 9.74. The summed E-state index contributed by atoms with van der Waals surface area (Å²) >= 11 is 0. The minimum Gasteiger partial charge on any atom is -0.394 e. The number of benzene rings is 2. The van der Waals surface area contributed by atoms with Gasteiger partial charge in [0.05, 0.1) is 29.6 Å². The van der Waals surface area contributed by atoms with Gasteiger partial charge in [0.25, 0.3) is 5.91 Å². The number of aryl methyl sites for hydroxylation is 1. The van der Waals surface area contributed by atoms with E-state index in [-0.39, 0.29) is 23.6 Å². The number of imidazole rings is 1. The van der Waals surface area contributed by atoms with Gasteiger partial charge in [0.2, 0.25) is 0 Å². The van der Waals surface area contributed by atoms with E-state index < -0.39 is 17.8 Å². The first kappa shape index (κ1) is 22.3. The third kappa shape index (κ3) is 4.83. The normalized spacial score (nSPS) is 12.0. The predicted octanol–water partition coefficient (Wildman–Crippen LogP) is 3.57. The van der Waals surface area contributed by atoms with E-state index in [2.05, 4.69) is 20.5 Å². The first-order valence-electron chi connectivity index (χ1n) is 10.5. The minimum atomic E-state index is -0.599. The standard InChI is InChI=1S/C24H23F2N5O2/c1-2-31-11-10-27-22(31)12-17(14-32)28-24(33)18-4-3-5-19(26)23(18)21-13-20(29-30-21)15-6-8-16(25)9-7-15/h3-11,13,17,32H,2,12,14H2,1H3,(H,28,33)(H,29,30)/t17-/m1/s1. The van der Waals surface area contributed by atoms with E-state index in [1.807, 2.05) is 17.7 Å². The quantitative estimate of drug-likeness (QED) is 0.382. The van der Waals surface area contributed by atoms with Crippen molar-refractivity contribution in [2.75, 3.05) is 6.61 Å². The highest BCUT2D eigenvalue weighted by Gasteiger charge is 2.22. The fourth-order valence-corrected chi connectivity index (χ4v) is 3.67. The molecule has 7 nitrogen and oxygen atoms in total. The van der Waals surface area contributed by atoms with Crippen LogP contribution in [-0.2, 0) is 13.0 Å². The summed E-state index contributed by atoms with van der Waals surface area (Å²) in [6, 6.07) is 11.0. The molecule has 1 amide bonds. The summed E-state index contributed by atoms with van der Waals surface area (Å²) in [5, 5.41) is 19.5. The number of halogens is 2. The van der Waals surface area contributed by atoms with Gasteiger partial charge in [-0.3, -0.25) is 9.89 Å². The van der Waals surface area contributed by atoms with Crippen molar-refractivity contribution in [1.29, 1.82) is 0 Å². The monoisotopic (exact) mass is 451 g/mol. The molecule has 3 N–H and O–H groups in total. The number of nitrogens with zero attached hydrogens (tertiary/aromatic N) is 3. The lowest BCUT2D eigenvalue weighted by molar-refractivity contribution is 0.0915. The Morgan fingerprint density at radius 1 is 1.21 bits per heavy atom. The van der Waals surface area contributed by atoms with Crippen LogP contribution in [0.4, 0.5) is 8.78 Å². The Labute approximate surface area is 189 Å². The Morgan fingerprint density at radius 2 is 2.00 bits per heavy atom. The number of H-pyrrole nitrogens is 1. The highest BCUT2D eigenvalue weighted by atomic mass is 19.1. The molecule has 0 fully saturated rings. The molecule has 0 unspecified atom stereocenters. The molecule has 0 spiro atoms. The van der Waals surface area contributed by atoms with Crippen LogP contribution in [-0.4, -0.2) is 43.4 Å². The first-order chi connectivity index (χ1) is 16.0. The van der Waals surface area contributed by atoms with Crippen LogP contribution >= 0.6 is 0 Å². The van der Waals surface area contributed by atoms with Crippen molar-refractivity contribution >= 4 is 5.91 Å². The van der Waals surface area contributed by atoms with Gasteiger partial charge in [0.1, 0.15) is 17.5 Å². The molecular weight excluding hydrogens is 428 g/mol. The number of aromatic amines is 1. The first-order valence-corrected chi connectivity index (χ1v) is 10.5. The molecule has 4 rings (SSSR count). The molecule has 33 heavy (non-hydrogen) atoms. The molecular formula is C24H23F2N5O2. The van der Waals surface area contributed by atoms with Crippen molar-refractivity contribution in [1.82, 2.24) is 25.1 Å². The molecule has 170 valence electrons. The van der Waals surface area contributed by atoms with Crippen LogP contribution in [0.3, 0.4) is 0 Å². The third-order valence-corrected chi connectivity index (χ3v) is 5.37. The van der Waals surface area contributed by atoms with Crippen molar-refractivity contribution in [2.24, 2.45) is 0 Å². The summed E-state index contributed by atoms with van der Waals surface area (Å²) in [6.45, 7) is 2.39. The van der Waals surface area contributed by atoms with Crippen LogP contribution in [0, 0.1) is 11.6 Å². The zero-order chi connectivity index (χ0) is 23.4. The number of aliphatic hydroxyl groups is 1. The van der Waals surface area contributed by atoms with Gasteiger partial charge in [-0.15, -0.1) is 0 Å². The van der Waals surface area contributed by atoms with Crippen molar-refractivity contribution in [3.05, 3.63) is 83.9 Å². The molecule has 1 atom stereocenters. The van der Waals surface area contributed by atoms with Gasteiger partial charge in [-0.2, -0.15) is 5.10 Å². The van der Waals surface area contributed by atoms with Crippen molar-refractivity contribution in [3.63, 3.8) is 0 Å². The van der Waals surface area contributed by atoms with Crippen molar-refractivity contribution in [2.45, 2.75) is 25.9 Å².